The molecular weight excluding hydrogens is 482 g/mol. The fourth-order valence-corrected chi connectivity index (χ4v) is 4.99. The number of aromatic nitrogens is 4. The lowest BCUT2D eigenvalue weighted by atomic mass is 9.93. The Morgan fingerprint density at radius 1 is 1.11 bits per heavy atom. The van der Waals surface area contributed by atoms with Gasteiger partial charge in [0.1, 0.15) is 5.65 Å². The first-order valence-corrected chi connectivity index (χ1v) is 12.3. The average molecular weight is 509 g/mol. The predicted molar refractivity (Wildman–Crippen MR) is 130 cm³/mol. The number of carbonyl (C=O) groups excluding carboxylic acids is 1. The lowest BCUT2D eigenvalue weighted by molar-refractivity contribution is -0.129. The van der Waals surface area contributed by atoms with E-state index >= 15 is 0 Å². The minimum absolute atomic E-state index is 0.00232. The van der Waals surface area contributed by atoms with Gasteiger partial charge in [0, 0.05) is 56.0 Å². The van der Waals surface area contributed by atoms with E-state index in [1.54, 1.807) is 23.2 Å². The highest BCUT2D eigenvalue weighted by atomic mass is 19.3. The largest absolute Gasteiger partial charge is 0.415 e. The molecule has 1 aromatic carbocycles. The molecule has 2 aliphatic heterocycles. The van der Waals surface area contributed by atoms with Crippen LogP contribution in [0, 0.1) is 5.92 Å². The van der Waals surface area contributed by atoms with Crippen LogP contribution in [0.1, 0.15) is 30.9 Å². The molecule has 37 heavy (non-hydrogen) atoms. The van der Waals surface area contributed by atoms with Crippen molar-refractivity contribution in [3.05, 3.63) is 66.4 Å². The second-order valence-electron chi connectivity index (χ2n) is 9.41. The summed E-state index contributed by atoms with van der Waals surface area (Å²) in [6.45, 7) is 3.39. The first kappa shape index (κ1) is 23.7. The van der Waals surface area contributed by atoms with Crippen molar-refractivity contribution < 1.29 is 22.7 Å². The number of carbonyl (C=O) groups is 1. The van der Waals surface area contributed by atoms with Gasteiger partial charge < -0.3 is 18.5 Å². The van der Waals surface area contributed by atoms with Crippen molar-refractivity contribution in [2.75, 3.05) is 31.2 Å². The van der Waals surface area contributed by atoms with Gasteiger partial charge in [0.15, 0.2) is 0 Å². The molecule has 2 aliphatic rings. The van der Waals surface area contributed by atoms with E-state index in [0.29, 0.717) is 29.5 Å². The topological polar surface area (TPSA) is 89.0 Å². The van der Waals surface area contributed by atoms with Crippen LogP contribution in [0.4, 0.5) is 14.5 Å². The number of alkyl halides is 2. The Bertz CT molecular complexity index is 1380. The van der Waals surface area contributed by atoms with Crippen LogP contribution < -0.4 is 4.90 Å². The molecule has 3 aromatic heterocycles. The first-order chi connectivity index (χ1) is 18.0. The van der Waals surface area contributed by atoms with Crippen molar-refractivity contribution in [2.24, 2.45) is 5.92 Å². The smallest absolute Gasteiger partial charge is 0.314 e. The van der Waals surface area contributed by atoms with E-state index in [1.165, 1.54) is 0 Å². The fourth-order valence-electron chi connectivity index (χ4n) is 4.99. The lowest BCUT2D eigenvalue weighted by Crippen LogP contribution is -2.58. The zero-order valence-electron chi connectivity index (χ0n) is 20.0. The van der Waals surface area contributed by atoms with Crippen molar-refractivity contribution in [3.8, 4) is 11.5 Å². The number of hydrogen-bond donors (Lipinski definition) is 0. The summed E-state index contributed by atoms with van der Waals surface area (Å²) < 4.78 is 38.0. The van der Waals surface area contributed by atoms with E-state index in [1.807, 2.05) is 40.9 Å². The molecule has 0 radical (unpaired) electrons. The molecule has 0 spiro atoms. The van der Waals surface area contributed by atoms with Crippen molar-refractivity contribution in [2.45, 2.75) is 31.9 Å². The summed E-state index contributed by atoms with van der Waals surface area (Å²) in [5.74, 6) is -0.698. The SMILES string of the molecule is O=C(C1CN(C2CCOCC2)C1)N(Cc1cn2ccc(-c3nnc(C(F)F)o3)cc2n1)c1ccccc1. The number of imidazole rings is 1. The van der Waals surface area contributed by atoms with Crippen LogP contribution in [-0.4, -0.2) is 62.7 Å². The normalized spacial score (nSPS) is 17.4. The number of anilines is 1. The van der Waals surface area contributed by atoms with Gasteiger partial charge in [0.2, 0.25) is 11.8 Å². The van der Waals surface area contributed by atoms with Gasteiger partial charge in [-0.1, -0.05) is 18.2 Å². The van der Waals surface area contributed by atoms with Gasteiger partial charge in [-0.2, -0.15) is 8.78 Å². The van der Waals surface area contributed by atoms with Gasteiger partial charge in [-0.15, -0.1) is 10.2 Å². The highest BCUT2D eigenvalue weighted by Gasteiger charge is 2.39. The van der Waals surface area contributed by atoms with E-state index in [2.05, 4.69) is 20.1 Å². The Hall–Kier alpha value is -3.70. The second-order valence-corrected chi connectivity index (χ2v) is 9.41. The Morgan fingerprint density at radius 3 is 2.62 bits per heavy atom. The molecule has 0 saturated carbocycles. The number of hydrogen-bond acceptors (Lipinski definition) is 7. The minimum Gasteiger partial charge on any atom is -0.415 e. The zero-order valence-corrected chi connectivity index (χ0v) is 20.0. The Morgan fingerprint density at radius 2 is 1.89 bits per heavy atom. The number of benzene rings is 1. The Balaban J connectivity index is 1.21. The highest BCUT2D eigenvalue weighted by Crippen LogP contribution is 2.29. The third-order valence-corrected chi connectivity index (χ3v) is 7.00. The maximum atomic E-state index is 13.6. The van der Waals surface area contributed by atoms with Crippen LogP contribution in [0.25, 0.3) is 17.1 Å². The Kier molecular flexibility index (Phi) is 6.39. The summed E-state index contributed by atoms with van der Waals surface area (Å²) in [4.78, 5) is 22.5. The quantitative estimate of drug-likeness (QED) is 0.373. The van der Waals surface area contributed by atoms with Crippen LogP contribution in [0.15, 0.2) is 59.3 Å². The molecule has 5 heterocycles. The molecule has 9 nitrogen and oxygen atoms in total. The Labute approximate surface area is 211 Å². The number of ether oxygens (including phenoxy) is 1. The molecule has 1 amide bonds. The molecule has 0 unspecified atom stereocenters. The maximum Gasteiger partial charge on any atom is 0.314 e. The molecule has 2 fully saturated rings. The van der Waals surface area contributed by atoms with Crippen LogP contribution in [0.5, 0.6) is 0 Å². The van der Waals surface area contributed by atoms with Gasteiger partial charge in [-0.3, -0.25) is 9.69 Å². The van der Waals surface area contributed by atoms with E-state index < -0.39 is 12.3 Å². The van der Waals surface area contributed by atoms with Gasteiger partial charge >= 0.3 is 6.43 Å². The molecule has 0 bridgehead atoms. The van der Waals surface area contributed by atoms with E-state index in [9.17, 15) is 13.6 Å². The third kappa shape index (κ3) is 4.84. The number of nitrogens with zero attached hydrogens (tertiary/aromatic N) is 6. The number of pyridine rings is 1. The maximum absolute atomic E-state index is 13.6. The lowest BCUT2D eigenvalue weighted by Gasteiger charge is -2.46. The van der Waals surface area contributed by atoms with E-state index in [4.69, 9.17) is 9.15 Å². The highest BCUT2D eigenvalue weighted by molar-refractivity contribution is 5.95. The molecule has 4 aromatic rings. The molecule has 0 atom stereocenters. The summed E-state index contributed by atoms with van der Waals surface area (Å²) in [6.07, 6.45) is 2.80. The third-order valence-electron chi connectivity index (χ3n) is 7.00. The van der Waals surface area contributed by atoms with E-state index in [-0.39, 0.29) is 17.7 Å². The number of amides is 1. The van der Waals surface area contributed by atoms with Crippen LogP contribution in [-0.2, 0) is 16.1 Å². The first-order valence-electron chi connectivity index (χ1n) is 12.3. The summed E-state index contributed by atoms with van der Waals surface area (Å²) >= 11 is 0. The number of fused-ring (bicyclic) bond motifs is 1. The number of halogens is 2. The summed E-state index contributed by atoms with van der Waals surface area (Å²) in [6, 6.07) is 13.5. The summed E-state index contributed by atoms with van der Waals surface area (Å²) in [5.41, 5.74) is 2.59. The molecule has 11 heteroatoms. The molecule has 0 aliphatic carbocycles. The molecule has 0 N–H and O–H groups in total. The summed E-state index contributed by atoms with van der Waals surface area (Å²) in [7, 11) is 0. The predicted octanol–water partition coefficient (Wildman–Crippen LogP) is 3.97. The van der Waals surface area contributed by atoms with Gasteiger partial charge in [0.05, 0.1) is 18.2 Å². The second kappa shape index (κ2) is 9.98. The van der Waals surface area contributed by atoms with Crippen molar-refractivity contribution in [1.82, 2.24) is 24.5 Å². The van der Waals surface area contributed by atoms with Crippen LogP contribution in [0.3, 0.4) is 0 Å². The fraction of sp³-hybridized carbons (Fsp3) is 0.385. The van der Waals surface area contributed by atoms with Crippen molar-refractivity contribution >= 4 is 17.2 Å². The van der Waals surface area contributed by atoms with Gasteiger partial charge in [0.25, 0.3) is 5.89 Å². The number of para-hydroxylation sites is 1. The van der Waals surface area contributed by atoms with Crippen molar-refractivity contribution in [1.29, 1.82) is 0 Å². The standard InChI is InChI=1S/C26H26F2N6O3/c27-23(28)25-31-30-24(37-25)17-6-9-32-15-19(29-22(32)12-17)16-34(21-4-2-1-3-5-21)26(35)18-13-33(14-18)20-7-10-36-11-8-20/h1-6,9,12,15,18,20,23H,7-8,10-11,13-14,16H2. The minimum atomic E-state index is -2.83. The van der Waals surface area contributed by atoms with E-state index in [0.717, 1.165) is 44.8 Å². The molecular formula is C26H26F2N6O3. The van der Waals surface area contributed by atoms with Crippen molar-refractivity contribution in [3.63, 3.8) is 0 Å². The van der Waals surface area contributed by atoms with Crippen LogP contribution in [0.2, 0.25) is 0 Å². The zero-order chi connectivity index (χ0) is 25.4. The summed E-state index contributed by atoms with van der Waals surface area (Å²) in [5, 5.41) is 7.10. The average Bonchev–Trinajstić information content (AvgIpc) is 3.54. The van der Waals surface area contributed by atoms with Gasteiger partial charge in [-0.05, 0) is 37.1 Å². The van der Waals surface area contributed by atoms with Crippen LogP contribution >= 0.6 is 0 Å². The molecule has 192 valence electrons. The molecule has 2 saturated heterocycles. The van der Waals surface area contributed by atoms with Gasteiger partial charge in [-0.25, -0.2) is 4.98 Å². The number of likely N-dealkylation sites (tertiary alicyclic amines) is 1. The molecule has 6 rings (SSSR count). The monoisotopic (exact) mass is 508 g/mol. The number of rotatable bonds is 7.